The molecule has 0 amide bonds. The monoisotopic (exact) mass is 571 g/mol. The Labute approximate surface area is 237 Å². The number of rotatable bonds is 6. The molecule has 3 aromatic rings. The van der Waals surface area contributed by atoms with Crippen molar-refractivity contribution in [3.05, 3.63) is 94.6 Å². The molecular weight excluding hydrogens is 537 g/mol. The Morgan fingerprint density at radius 1 is 0.902 bits per heavy atom. The standard InChI is InChI=1S/C32H34F5N3O/c33-27-16-24(39-12-4-10-31(11-14-39)19-38-20-31)17-28(34)29(27)30-26-8-7-25(41-18-22-5-2-1-3-6-22)15-23(26)9-13-40(30)21-32(35,36)37/h1-3,5-8,15-17,30,38H,4,9-14,18-21H2. The van der Waals surface area contributed by atoms with Gasteiger partial charge in [-0.2, -0.15) is 13.2 Å². The van der Waals surface area contributed by atoms with Crippen molar-refractivity contribution in [2.75, 3.05) is 44.2 Å². The van der Waals surface area contributed by atoms with Gasteiger partial charge in [-0.05, 0) is 72.1 Å². The first-order valence-corrected chi connectivity index (χ1v) is 14.2. The lowest BCUT2D eigenvalue weighted by Crippen LogP contribution is -2.53. The molecule has 3 heterocycles. The minimum absolute atomic E-state index is 0.0161. The van der Waals surface area contributed by atoms with Crippen molar-refractivity contribution in [1.82, 2.24) is 10.2 Å². The van der Waals surface area contributed by atoms with E-state index in [0.717, 1.165) is 48.4 Å². The molecular formula is C32H34F5N3O. The molecule has 218 valence electrons. The average Bonchev–Trinajstić information content (AvgIpc) is 3.16. The molecule has 0 aromatic heterocycles. The molecule has 1 unspecified atom stereocenters. The van der Waals surface area contributed by atoms with E-state index < -0.39 is 30.4 Å². The van der Waals surface area contributed by atoms with Crippen molar-refractivity contribution in [3.8, 4) is 5.75 Å². The molecule has 4 nitrogen and oxygen atoms in total. The predicted octanol–water partition coefficient (Wildman–Crippen LogP) is 6.63. The third-order valence-corrected chi connectivity index (χ3v) is 8.82. The highest BCUT2D eigenvalue weighted by atomic mass is 19.4. The lowest BCUT2D eigenvalue weighted by atomic mass is 9.75. The molecule has 0 saturated carbocycles. The highest BCUT2D eigenvalue weighted by Crippen LogP contribution is 2.42. The fraction of sp³-hybridized carbons (Fsp3) is 0.438. The van der Waals surface area contributed by atoms with E-state index in [4.69, 9.17) is 4.74 Å². The Hall–Kier alpha value is -3.17. The summed E-state index contributed by atoms with van der Waals surface area (Å²) >= 11 is 0. The van der Waals surface area contributed by atoms with E-state index in [9.17, 15) is 13.2 Å². The van der Waals surface area contributed by atoms with Gasteiger partial charge in [0.15, 0.2) is 0 Å². The molecule has 0 radical (unpaired) electrons. The van der Waals surface area contributed by atoms with E-state index in [1.165, 1.54) is 12.1 Å². The predicted molar refractivity (Wildman–Crippen MR) is 148 cm³/mol. The molecule has 1 spiro atoms. The fourth-order valence-corrected chi connectivity index (χ4v) is 6.58. The lowest BCUT2D eigenvalue weighted by molar-refractivity contribution is -0.150. The van der Waals surface area contributed by atoms with Crippen LogP contribution in [0.4, 0.5) is 27.6 Å². The highest BCUT2D eigenvalue weighted by Gasteiger charge is 2.41. The summed E-state index contributed by atoms with van der Waals surface area (Å²) in [4.78, 5) is 3.13. The highest BCUT2D eigenvalue weighted by molar-refractivity contribution is 5.52. The van der Waals surface area contributed by atoms with Crippen molar-refractivity contribution in [2.45, 2.75) is 44.5 Å². The van der Waals surface area contributed by atoms with E-state index in [1.54, 1.807) is 18.2 Å². The Balaban J connectivity index is 1.30. The molecule has 1 N–H and O–H groups in total. The third-order valence-electron chi connectivity index (χ3n) is 8.82. The zero-order valence-corrected chi connectivity index (χ0v) is 22.8. The largest absolute Gasteiger partial charge is 0.489 e. The quantitative estimate of drug-likeness (QED) is 0.336. The normalized spacial score (nSPS) is 20.8. The maximum atomic E-state index is 15.9. The molecule has 41 heavy (non-hydrogen) atoms. The number of fused-ring (bicyclic) bond motifs is 1. The van der Waals surface area contributed by atoms with Crippen LogP contribution in [0.15, 0.2) is 60.7 Å². The molecule has 1 atom stereocenters. The van der Waals surface area contributed by atoms with Crippen LogP contribution in [-0.4, -0.2) is 50.3 Å². The van der Waals surface area contributed by atoms with Crippen molar-refractivity contribution < 1.29 is 26.7 Å². The van der Waals surface area contributed by atoms with Gasteiger partial charge in [0.25, 0.3) is 0 Å². The number of hydrogen-bond acceptors (Lipinski definition) is 4. The molecule has 3 aliphatic rings. The van der Waals surface area contributed by atoms with Crippen LogP contribution in [0.2, 0.25) is 0 Å². The number of nitrogens with zero attached hydrogens (tertiary/aromatic N) is 2. The number of anilines is 1. The third kappa shape index (κ3) is 6.06. The molecule has 6 rings (SSSR count). The van der Waals surface area contributed by atoms with Gasteiger partial charge in [0.1, 0.15) is 24.0 Å². The summed E-state index contributed by atoms with van der Waals surface area (Å²) in [6.45, 7) is 2.42. The molecule has 3 aromatic carbocycles. The van der Waals surface area contributed by atoms with Crippen LogP contribution >= 0.6 is 0 Å². The second-order valence-electron chi connectivity index (χ2n) is 11.6. The second-order valence-corrected chi connectivity index (χ2v) is 11.6. The number of hydrogen-bond donors (Lipinski definition) is 1. The van der Waals surface area contributed by atoms with Crippen molar-refractivity contribution in [2.24, 2.45) is 5.41 Å². The maximum absolute atomic E-state index is 15.9. The molecule has 0 aliphatic carbocycles. The minimum Gasteiger partial charge on any atom is -0.489 e. The van der Waals surface area contributed by atoms with Gasteiger partial charge in [-0.25, -0.2) is 8.78 Å². The lowest BCUT2D eigenvalue weighted by Gasteiger charge is -2.42. The maximum Gasteiger partial charge on any atom is 0.401 e. The summed E-state index contributed by atoms with van der Waals surface area (Å²) in [5, 5.41) is 3.33. The summed E-state index contributed by atoms with van der Waals surface area (Å²) in [6.07, 6.45) is -1.26. The number of alkyl halides is 3. The van der Waals surface area contributed by atoms with Crippen LogP contribution in [0.5, 0.6) is 5.75 Å². The van der Waals surface area contributed by atoms with Crippen LogP contribution < -0.4 is 15.0 Å². The molecule has 2 saturated heterocycles. The van der Waals surface area contributed by atoms with Gasteiger partial charge >= 0.3 is 6.18 Å². The summed E-state index contributed by atoms with van der Waals surface area (Å²) < 4.78 is 78.5. The first kappa shape index (κ1) is 28.0. The minimum atomic E-state index is -4.51. The number of halogens is 5. The SMILES string of the molecule is Fc1cc(N2CCCC3(CC2)CNC3)cc(F)c1C1c2ccc(OCc3ccccc3)cc2CCN1CC(F)(F)F. The van der Waals surface area contributed by atoms with E-state index in [2.05, 4.69) is 5.32 Å². The second kappa shape index (κ2) is 11.2. The van der Waals surface area contributed by atoms with Crippen molar-refractivity contribution in [1.29, 1.82) is 0 Å². The number of nitrogens with one attached hydrogen (secondary N) is 1. The van der Waals surface area contributed by atoms with Gasteiger partial charge in [0, 0.05) is 44.0 Å². The molecule has 0 bridgehead atoms. The molecule has 3 aliphatic heterocycles. The van der Waals surface area contributed by atoms with Crippen LogP contribution in [0.25, 0.3) is 0 Å². The topological polar surface area (TPSA) is 27.7 Å². The van der Waals surface area contributed by atoms with Crippen LogP contribution in [-0.2, 0) is 13.0 Å². The van der Waals surface area contributed by atoms with E-state index >= 15 is 8.78 Å². The zero-order valence-electron chi connectivity index (χ0n) is 22.8. The Morgan fingerprint density at radius 2 is 1.66 bits per heavy atom. The first-order valence-electron chi connectivity index (χ1n) is 14.2. The van der Waals surface area contributed by atoms with Crippen LogP contribution in [0, 0.1) is 17.0 Å². The van der Waals surface area contributed by atoms with Crippen molar-refractivity contribution >= 4 is 5.69 Å². The Kier molecular flexibility index (Phi) is 7.68. The van der Waals surface area contributed by atoms with Gasteiger partial charge in [0.05, 0.1) is 12.6 Å². The number of ether oxygens (including phenoxy) is 1. The zero-order chi connectivity index (χ0) is 28.6. The summed E-state index contributed by atoms with van der Waals surface area (Å²) in [6, 6.07) is 16.1. The fourth-order valence-electron chi connectivity index (χ4n) is 6.58. The summed E-state index contributed by atoms with van der Waals surface area (Å²) in [5.41, 5.74) is 2.54. The first-order chi connectivity index (χ1) is 19.7. The van der Waals surface area contributed by atoms with Gasteiger partial charge in [-0.1, -0.05) is 36.4 Å². The molecule has 2 fully saturated rings. The summed E-state index contributed by atoms with van der Waals surface area (Å²) in [7, 11) is 0. The van der Waals surface area contributed by atoms with E-state index in [1.807, 2.05) is 35.2 Å². The average molecular weight is 572 g/mol. The van der Waals surface area contributed by atoms with E-state index in [-0.39, 0.29) is 17.5 Å². The van der Waals surface area contributed by atoms with Gasteiger partial charge in [0.2, 0.25) is 0 Å². The van der Waals surface area contributed by atoms with Gasteiger partial charge < -0.3 is 15.0 Å². The smallest absolute Gasteiger partial charge is 0.401 e. The van der Waals surface area contributed by atoms with E-state index in [0.29, 0.717) is 43.1 Å². The van der Waals surface area contributed by atoms with Crippen molar-refractivity contribution in [3.63, 3.8) is 0 Å². The van der Waals surface area contributed by atoms with Crippen LogP contribution in [0.1, 0.15) is 47.6 Å². The van der Waals surface area contributed by atoms with Gasteiger partial charge in [-0.15, -0.1) is 0 Å². The van der Waals surface area contributed by atoms with Crippen LogP contribution in [0.3, 0.4) is 0 Å². The van der Waals surface area contributed by atoms with Gasteiger partial charge in [-0.3, -0.25) is 4.90 Å². The molecule has 9 heteroatoms. The Bertz CT molecular complexity index is 1350. The Morgan fingerprint density at radius 3 is 2.34 bits per heavy atom. The summed E-state index contributed by atoms with van der Waals surface area (Å²) in [5.74, 6) is -1.08. The number of benzene rings is 3.